The van der Waals surface area contributed by atoms with E-state index < -0.39 is 23.6 Å². The van der Waals surface area contributed by atoms with Gasteiger partial charge in [0.2, 0.25) is 0 Å². The molecule has 1 unspecified atom stereocenters. The van der Waals surface area contributed by atoms with E-state index in [1.165, 1.54) is 21.1 Å². The van der Waals surface area contributed by atoms with Gasteiger partial charge >= 0.3 is 6.18 Å². The zero-order chi connectivity index (χ0) is 14.6. The van der Waals surface area contributed by atoms with Crippen LogP contribution < -0.4 is 14.8 Å². The molecule has 1 aromatic carbocycles. The van der Waals surface area contributed by atoms with Gasteiger partial charge in [0.1, 0.15) is 11.9 Å². The van der Waals surface area contributed by atoms with E-state index in [1.807, 2.05) is 0 Å². The van der Waals surface area contributed by atoms with Gasteiger partial charge in [0.05, 0.1) is 14.2 Å². The van der Waals surface area contributed by atoms with Crippen LogP contribution >= 0.6 is 0 Å². The Morgan fingerprint density at radius 2 is 1.68 bits per heavy atom. The molecule has 1 aromatic rings. The minimum atomic E-state index is -4.60. The van der Waals surface area contributed by atoms with Gasteiger partial charge in [-0.2, -0.15) is 13.2 Å². The highest BCUT2D eigenvalue weighted by atomic mass is 19.4. The van der Waals surface area contributed by atoms with Gasteiger partial charge in [0, 0.05) is 11.6 Å². The van der Waals surface area contributed by atoms with Crippen molar-refractivity contribution < 1.29 is 27.0 Å². The molecule has 1 rings (SSSR count). The number of alkyl halides is 3. The van der Waals surface area contributed by atoms with Gasteiger partial charge < -0.3 is 14.8 Å². The predicted octanol–water partition coefficient (Wildman–Crippen LogP) is 3.06. The molecule has 0 radical (unpaired) electrons. The minimum absolute atomic E-state index is 0.0428. The SMILES string of the molecule is CCNC(c1cc(OC)c(OC)cc1F)C(F)(F)F. The van der Waals surface area contributed by atoms with Crippen molar-refractivity contribution >= 4 is 0 Å². The van der Waals surface area contributed by atoms with Crippen molar-refractivity contribution in [2.24, 2.45) is 0 Å². The first-order valence-corrected chi connectivity index (χ1v) is 5.56. The smallest absolute Gasteiger partial charge is 0.408 e. The molecule has 19 heavy (non-hydrogen) atoms. The average Bonchev–Trinajstić information content (AvgIpc) is 2.34. The second-order valence-corrected chi connectivity index (χ2v) is 3.76. The zero-order valence-corrected chi connectivity index (χ0v) is 10.8. The molecule has 0 saturated heterocycles. The average molecular weight is 281 g/mol. The van der Waals surface area contributed by atoms with E-state index in [0.29, 0.717) is 0 Å². The van der Waals surface area contributed by atoms with Crippen LogP contribution in [0.2, 0.25) is 0 Å². The quantitative estimate of drug-likeness (QED) is 0.841. The highest BCUT2D eigenvalue weighted by molar-refractivity contribution is 5.45. The van der Waals surface area contributed by atoms with Gasteiger partial charge in [-0.05, 0) is 12.6 Å². The molecule has 0 aliphatic rings. The van der Waals surface area contributed by atoms with Crippen LogP contribution in [-0.2, 0) is 0 Å². The molecule has 1 N–H and O–H groups in total. The summed E-state index contributed by atoms with van der Waals surface area (Å²) in [6.07, 6.45) is -4.60. The minimum Gasteiger partial charge on any atom is -0.493 e. The normalized spacial score (nSPS) is 13.2. The maximum absolute atomic E-state index is 13.8. The second-order valence-electron chi connectivity index (χ2n) is 3.76. The molecule has 108 valence electrons. The number of benzene rings is 1. The van der Waals surface area contributed by atoms with Gasteiger partial charge in [-0.15, -0.1) is 0 Å². The monoisotopic (exact) mass is 281 g/mol. The maximum Gasteiger partial charge on any atom is 0.408 e. The largest absolute Gasteiger partial charge is 0.493 e. The van der Waals surface area contributed by atoms with Crippen molar-refractivity contribution in [3.8, 4) is 11.5 Å². The van der Waals surface area contributed by atoms with Gasteiger partial charge in [0.25, 0.3) is 0 Å². The highest BCUT2D eigenvalue weighted by Gasteiger charge is 2.42. The first kappa shape index (κ1) is 15.6. The third-order valence-corrected chi connectivity index (χ3v) is 2.55. The Bertz CT molecular complexity index is 434. The standard InChI is InChI=1S/C12H15F4NO2/c1-4-17-11(12(14,15)16)7-5-9(18-2)10(19-3)6-8(7)13/h5-6,11,17H,4H2,1-3H3. The molecule has 3 nitrogen and oxygen atoms in total. The molecule has 0 heterocycles. The Balaban J connectivity index is 3.30. The summed E-state index contributed by atoms with van der Waals surface area (Å²) in [6.45, 7) is 1.56. The molecular formula is C12H15F4NO2. The lowest BCUT2D eigenvalue weighted by Gasteiger charge is -2.23. The Labute approximate surface area is 108 Å². The van der Waals surface area contributed by atoms with Crippen LogP contribution in [0.1, 0.15) is 18.5 Å². The van der Waals surface area contributed by atoms with Crippen LogP contribution in [-0.4, -0.2) is 26.9 Å². The van der Waals surface area contributed by atoms with Gasteiger partial charge in [-0.25, -0.2) is 4.39 Å². The number of halogens is 4. The Hall–Kier alpha value is -1.50. The molecule has 0 fully saturated rings. The predicted molar refractivity (Wildman–Crippen MR) is 62.0 cm³/mol. The summed E-state index contributed by atoms with van der Waals surface area (Å²) in [5.74, 6) is -0.909. The van der Waals surface area contributed by atoms with E-state index >= 15 is 0 Å². The fraction of sp³-hybridized carbons (Fsp3) is 0.500. The first-order chi connectivity index (χ1) is 8.85. The third kappa shape index (κ3) is 3.50. The highest BCUT2D eigenvalue weighted by Crippen LogP contribution is 2.38. The van der Waals surface area contributed by atoms with Gasteiger partial charge in [0.15, 0.2) is 11.5 Å². The fourth-order valence-corrected chi connectivity index (χ4v) is 1.70. The van der Waals surface area contributed by atoms with Crippen molar-refractivity contribution in [1.29, 1.82) is 0 Å². The summed E-state index contributed by atoms with van der Waals surface area (Å²) in [6, 6.07) is -0.212. The van der Waals surface area contributed by atoms with Crippen LogP contribution in [0, 0.1) is 5.82 Å². The van der Waals surface area contributed by atoms with E-state index in [1.54, 1.807) is 0 Å². The summed E-state index contributed by atoms with van der Waals surface area (Å²) in [5, 5.41) is 2.21. The zero-order valence-electron chi connectivity index (χ0n) is 10.8. The molecule has 0 spiro atoms. The molecular weight excluding hydrogens is 266 g/mol. The molecule has 0 bridgehead atoms. The second kappa shape index (κ2) is 6.10. The lowest BCUT2D eigenvalue weighted by Crippen LogP contribution is -2.34. The van der Waals surface area contributed by atoms with Crippen LogP contribution in [0.4, 0.5) is 17.6 Å². The molecule has 7 heteroatoms. The molecule has 1 atom stereocenters. The number of methoxy groups -OCH3 is 2. The van der Waals surface area contributed by atoms with E-state index in [0.717, 1.165) is 12.1 Å². The fourth-order valence-electron chi connectivity index (χ4n) is 1.70. The van der Waals surface area contributed by atoms with E-state index in [9.17, 15) is 17.6 Å². The van der Waals surface area contributed by atoms with Gasteiger partial charge in [-0.1, -0.05) is 6.92 Å². The Kier molecular flexibility index (Phi) is 4.99. The van der Waals surface area contributed by atoms with Crippen molar-refractivity contribution in [3.05, 3.63) is 23.5 Å². The van der Waals surface area contributed by atoms with Crippen LogP contribution in [0.15, 0.2) is 12.1 Å². The first-order valence-electron chi connectivity index (χ1n) is 5.56. The van der Waals surface area contributed by atoms with E-state index in [2.05, 4.69) is 5.32 Å². The van der Waals surface area contributed by atoms with Crippen LogP contribution in [0.25, 0.3) is 0 Å². The summed E-state index contributed by atoms with van der Waals surface area (Å²) >= 11 is 0. The number of hydrogen-bond donors (Lipinski definition) is 1. The van der Waals surface area contributed by atoms with E-state index in [4.69, 9.17) is 9.47 Å². The molecule has 0 aliphatic heterocycles. The van der Waals surface area contributed by atoms with Crippen LogP contribution in [0.3, 0.4) is 0 Å². The number of hydrogen-bond acceptors (Lipinski definition) is 3. The molecule has 0 aliphatic carbocycles. The molecule has 0 saturated carbocycles. The molecule has 0 aromatic heterocycles. The number of ether oxygens (including phenoxy) is 2. The maximum atomic E-state index is 13.8. The van der Waals surface area contributed by atoms with E-state index in [-0.39, 0.29) is 18.0 Å². The lowest BCUT2D eigenvalue weighted by molar-refractivity contribution is -0.158. The van der Waals surface area contributed by atoms with Gasteiger partial charge in [-0.3, -0.25) is 0 Å². The Morgan fingerprint density at radius 3 is 2.11 bits per heavy atom. The van der Waals surface area contributed by atoms with Crippen molar-refractivity contribution in [3.63, 3.8) is 0 Å². The summed E-state index contributed by atoms with van der Waals surface area (Å²) in [4.78, 5) is 0. The number of rotatable bonds is 5. The van der Waals surface area contributed by atoms with Crippen molar-refractivity contribution in [1.82, 2.24) is 5.32 Å². The van der Waals surface area contributed by atoms with Crippen molar-refractivity contribution in [2.75, 3.05) is 20.8 Å². The Morgan fingerprint density at radius 1 is 1.16 bits per heavy atom. The topological polar surface area (TPSA) is 30.5 Å². The number of nitrogens with one attached hydrogen (secondary N) is 1. The summed E-state index contributed by atoms with van der Waals surface area (Å²) in [7, 11) is 2.55. The molecule has 0 amide bonds. The van der Waals surface area contributed by atoms with Crippen LogP contribution in [0.5, 0.6) is 11.5 Å². The van der Waals surface area contributed by atoms with Crippen molar-refractivity contribution in [2.45, 2.75) is 19.1 Å². The third-order valence-electron chi connectivity index (χ3n) is 2.55. The lowest BCUT2D eigenvalue weighted by atomic mass is 10.0. The summed E-state index contributed by atoms with van der Waals surface area (Å²) in [5.41, 5.74) is -0.521. The summed E-state index contributed by atoms with van der Waals surface area (Å²) < 4.78 is 62.2.